The molecule has 0 bridgehead atoms. The minimum atomic E-state index is -0.907. The Labute approximate surface area is 95.2 Å². The minimum absolute atomic E-state index is 0.00269. The lowest BCUT2D eigenvalue weighted by atomic mass is 10.3. The number of carboxylic acid groups (broad SMARTS) is 1. The third kappa shape index (κ3) is 3.46. The Morgan fingerprint density at radius 2 is 2.00 bits per heavy atom. The number of aliphatic carboxylic acids is 1. The standard InChI is InChI=1S/C10H19N3O3/c1-8(10(15)16)12(2)7-9(14)13-5-3-11-4-6-13/h8,11H,3-7H2,1-2H3,(H,15,16). The van der Waals surface area contributed by atoms with Crippen LogP contribution in [0.2, 0.25) is 0 Å². The predicted molar refractivity (Wildman–Crippen MR) is 59.2 cm³/mol. The van der Waals surface area contributed by atoms with Gasteiger partial charge in [0.05, 0.1) is 6.54 Å². The number of carbonyl (C=O) groups excluding carboxylic acids is 1. The van der Waals surface area contributed by atoms with E-state index in [9.17, 15) is 9.59 Å². The van der Waals surface area contributed by atoms with E-state index in [1.54, 1.807) is 23.8 Å². The summed E-state index contributed by atoms with van der Waals surface area (Å²) in [5.74, 6) is -0.910. The van der Waals surface area contributed by atoms with Crippen LogP contribution in [-0.2, 0) is 9.59 Å². The van der Waals surface area contributed by atoms with E-state index in [0.717, 1.165) is 13.1 Å². The Morgan fingerprint density at radius 3 is 2.50 bits per heavy atom. The molecule has 1 saturated heterocycles. The summed E-state index contributed by atoms with van der Waals surface area (Å²) in [6.07, 6.45) is 0. The third-order valence-corrected chi connectivity index (χ3v) is 2.87. The minimum Gasteiger partial charge on any atom is -0.480 e. The van der Waals surface area contributed by atoms with Crippen molar-refractivity contribution in [3.05, 3.63) is 0 Å². The van der Waals surface area contributed by atoms with E-state index in [1.165, 1.54) is 0 Å². The van der Waals surface area contributed by atoms with Gasteiger partial charge in [-0.25, -0.2) is 0 Å². The van der Waals surface area contributed by atoms with Gasteiger partial charge in [-0.3, -0.25) is 14.5 Å². The summed E-state index contributed by atoms with van der Waals surface area (Å²) >= 11 is 0. The van der Waals surface area contributed by atoms with Gasteiger partial charge in [0.25, 0.3) is 0 Å². The molecule has 0 aromatic heterocycles. The maximum Gasteiger partial charge on any atom is 0.320 e. The number of carbonyl (C=O) groups is 2. The number of carboxylic acids is 1. The molecule has 92 valence electrons. The number of nitrogens with one attached hydrogen (secondary N) is 1. The molecule has 0 spiro atoms. The molecule has 0 aromatic carbocycles. The average Bonchev–Trinajstić information content (AvgIpc) is 2.28. The number of piperazine rings is 1. The Bertz CT molecular complexity index is 264. The molecule has 0 radical (unpaired) electrons. The molecule has 1 aliphatic rings. The molecule has 1 amide bonds. The fraction of sp³-hybridized carbons (Fsp3) is 0.800. The number of amides is 1. The van der Waals surface area contributed by atoms with Crippen molar-refractivity contribution in [1.82, 2.24) is 15.1 Å². The Kier molecular flexibility index (Phi) is 4.70. The van der Waals surface area contributed by atoms with Crippen LogP contribution in [0.25, 0.3) is 0 Å². The van der Waals surface area contributed by atoms with Crippen LogP contribution in [0.5, 0.6) is 0 Å². The van der Waals surface area contributed by atoms with E-state index in [-0.39, 0.29) is 12.5 Å². The summed E-state index contributed by atoms with van der Waals surface area (Å²) in [5, 5.41) is 12.0. The molecule has 1 rings (SSSR count). The molecule has 6 heteroatoms. The molecular weight excluding hydrogens is 210 g/mol. The van der Waals surface area contributed by atoms with E-state index < -0.39 is 12.0 Å². The highest BCUT2D eigenvalue weighted by molar-refractivity contribution is 5.80. The van der Waals surface area contributed by atoms with Crippen molar-refractivity contribution in [3.63, 3.8) is 0 Å². The number of hydrogen-bond acceptors (Lipinski definition) is 4. The Hall–Kier alpha value is -1.14. The molecule has 1 fully saturated rings. The first-order valence-corrected chi connectivity index (χ1v) is 5.44. The third-order valence-electron chi connectivity index (χ3n) is 2.87. The first-order valence-electron chi connectivity index (χ1n) is 5.44. The van der Waals surface area contributed by atoms with Crippen LogP contribution in [-0.4, -0.2) is 72.6 Å². The summed E-state index contributed by atoms with van der Waals surface area (Å²) in [6, 6.07) is -0.633. The van der Waals surface area contributed by atoms with Gasteiger partial charge in [0.1, 0.15) is 6.04 Å². The summed E-state index contributed by atoms with van der Waals surface area (Å²) in [4.78, 5) is 25.8. The molecule has 1 heterocycles. The highest BCUT2D eigenvalue weighted by atomic mass is 16.4. The maximum atomic E-state index is 11.8. The van der Waals surface area contributed by atoms with Crippen LogP contribution in [0.15, 0.2) is 0 Å². The fourth-order valence-corrected chi connectivity index (χ4v) is 1.55. The van der Waals surface area contributed by atoms with Crippen LogP contribution in [0.1, 0.15) is 6.92 Å². The van der Waals surface area contributed by atoms with Crippen LogP contribution < -0.4 is 5.32 Å². The number of likely N-dealkylation sites (N-methyl/N-ethyl adjacent to an activating group) is 1. The second-order valence-corrected chi connectivity index (χ2v) is 4.06. The van der Waals surface area contributed by atoms with Gasteiger partial charge in [0.2, 0.25) is 5.91 Å². The van der Waals surface area contributed by atoms with E-state index >= 15 is 0 Å². The second-order valence-electron chi connectivity index (χ2n) is 4.06. The fourth-order valence-electron chi connectivity index (χ4n) is 1.55. The average molecular weight is 229 g/mol. The van der Waals surface area contributed by atoms with Gasteiger partial charge in [0.15, 0.2) is 0 Å². The number of hydrogen-bond donors (Lipinski definition) is 2. The van der Waals surface area contributed by atoms with Gasteiger partial charge in [-0.2, -0.15) is 0 Å². The summed E-state index contributed by atoms with van der Waals surface area (Å²) in [5.41, 5.74) is 0. The summed E-state index contributed by atoms with van der Waals surface area (Å²) in [7, 11) is 1.65. The lowest BCUT2D eigenvalue weighted by Crippen LogP contribution is -2.50. The molecule has 1 aliphatic heterocycles. The lowest BCUT2D eigenvalue weighted by Gasteiger charge is -2.30. The molecule has 0 aromatic rings. The molecule has 16 heavy (non-hydrogen) atoms. The number of rotatable bonds is 4. The Balaban J connectivity index is 2.40. The summed E-state index contributed by atoms with van der Waals surface area (Å²) < 4.78 is 0. The topological polar surface area (TPSA) is 72.9 Å². The molecule has 0 saturated carbocycles. The van der Waals surface area contributed by atoms with E-state index in [1.807, 2.05) is 0 Å². The van der Waals surface area contributed by atoms with E-state index in [2.05, 4.69) is 5.32 Å². The highest BCUT2D eigenvalue weighted by Crippen LogP contribution is 1.99. The van der Waals surface area contributed by atoms with Crippen LogP contribution in [0, 0.1) is 0 Å². The van der Waals surface area contributed by atoms with Gasteiger partial charge in [0, 0.05) is 26.2 Å². The van der Waals surface area contributed by atoms with Crippen molar-refractivity contribution in [2.75, 3.05) is 39.8 Å². The number of nitrogens with zero attached hydrogens (tertiary/aromatic N) is 2. The first-order chi connectivity index (χ1) is 7.52. The van der Waals surface area contributed by atoms with Crippen molar-refractivity contribution in [1.29, 1.82) is 0 Å². The zero-order valence-corrected chi connectivity index (χ0v) is 9.77. The molecule has 0 aliphatic carbocycles. The SMILES string of the molecule is CC(C(=O)O)N(C)CC(=O)N1CCNCC1. The molecule has 1 atom stereocenters. The van der Waals surface area contributed by atoms with Gasteiger partial charge in [-0.15, -0.1) is 0 Å². The van der Waals surface area contributed by atoms with Gasteiger partial charge >= 0.3 is 5.97 Å². The highest BCUT2D eigenvalue weighted by Gasteiger charge is 2.22. The molecule has 2 N–H and O–H groups in total. The van der Waals surface area contributed by atoms with Gasteiger partial charge < -0.3 is 15.3 Å². The van der Waals surface area contributed by atoms with Crippen LogP contribution in [0.3, 0.4) is 0 Å². The monoisotopic (exact) mass is 229 g/mol. The Morgan fingerprint density at radius 1 is 1.44 bits per heavy atom. The van der Waals surface area contributed by atoms with Crippen molar-refractivity contribution in [2.45, 2.75) is 13.0 Å². The predicted octanol–water partition coefficient (Wildman–Crippen LogP) is -1.18. The molecule has 1 unspecified atom stereocenters. The largest absolute Gasteiger partial charge is 0.480 e. The molecule has 6 nitrogen and oxygen atoms in total. The smallest absolute Gasteiger partial charge is 0.320 e. The summed E-state index contributed by atoms with van der Waals surface area (Å²) in [6.45, 7) is 4.76. The van der Waals surface area contributed by atoms with E-state index in [0.29, 0.717) is 13.1 Å². The lowest BCUT2D eigenvalue weighted by molar-refractivity contribution is -0.143. The van der Waals surface area contributed by atoms with E-state index in [4.69, 9.17) is 5.11 Å². The van der Waals surface area contributed by atoms with Crippen LogP contribution >= 0.6 is 0 Å². The van der Waals surface area contributed by atoms with Gasteiger partial charge in [-0.1, -0.05) is 0 Å². The normalized spacial score (nSPS) is 18.6. The maximum absolute atomic E-state index is 11.8. The van der Waals surface area contributed by atoms with Gasteiger partial charge in [-0.05, 0) is 14.0 Å². The molecular formula is C10H19N3O3. The van der Waals surface area contributed by atoms with Crippen LogP contribution in [0.4, 0.5) is 0 Å². The van der Waals surface area contributed by atoms with Crippen molar-refractivity contribution >= 4 is 11.9 Å². The zero-order valence-electron chi connectivity index (χ0n) is 9.77. The first kappa shape index (κ1) is 12.9. The van der Waals surface area contributed by atoms with Crippen molar-refractivity contribution < 1.29 is 14.7 Å². The second kappa shape index (κ2) is 5.81. The van der Waals surface area contributed by atoms with Crippen molar-refractivity contribution in [3.8, 4) is 0 Å². The van der Waals surface area contributed by atoms with Crippen molar-refractivity contribution in [2.24, 2.45) is 0 Å². The quantitative estimate of drug-likeness (QED) is 0.635. The zero-order chi connectivity index (χ0) is 12.1.